The number of hydrogen-bond acceptors (Lipinski definition) is 2. The topological polar surface area (TPSA) is 12.0 Å². The lowest BCUT2D eigenvalue weighted by molar-refractivity contribution is 0.379. The van der Waals surface area contributed by atoms with Gasteiger partial charge in [0, 0.05) is 17.8 Å². The van der Waals surface area contributed by atoms with Crippen molar-refractivity contribution in [2.24, 2.45) is 0 Å². The first-order valence-electron chi connectivity index (χ1n) is 7.16. The molecule has 0 spiro atoms. The molecular formula is C16H24FNS. The fraction of sp³-hybridized carbons (Fsp3) is 0.625. The zero-order valence-corrected chi connectivity index (χ0v) is 12.8. The zero-order valence-electron chi connectivity index (χ0n) is 12.0. The molecule has 0 radical (unpaired) electrons. The largest absolute Gasteiger partial charge is 0.311 e. The summed E-state index contributed by atoms with van der Waals surface area (Å²) in [5.74, 6) is -0.144. The van der Waals surface area contributed by atoms with Crippen LogP contribution in [0.3, 0.4) is 0 Å². The normalized spacial score (nSPS) is 18.5. The molecule has 1 N–H and O–H groups in total. The molecule has 0 unspecified atom stereocenters. The average molecular weight is 281 g/mol. The second-order valence-electron chi connectivity index (χ2n) is 5.62. The highest BCUT2D eigenvalue weighted by atomic mass is 32.2. The van der Waals surface area contributed by atoms with Gasteiger partial charge in [0.25, 0.3) is 0 Å². The van der Waals surface area contributed by atoms with E-state index in [0.29, 0.717) is 4.75 Å². The van der Waals surface area contributed by atoms with Gasteiger partial charge in [-0.1, -0.05) is 25.3 Å². The van der Waals surface area contributed by atoms with Gasteiger partial charge in [-0.15, -0.1) is 0 Å². The number of aryl methyl sites for hydroxylation is 1. The Bertz CT molecular complexity index is 413. The maximum atomic E-state index is 13.1. The first kappa shape index (κ1) is 14.9. The summed E-state index contributed by atoms with van der Waals surface area (Å²) in [6, 6.07) is 5.06. The van der Waals surface area contributed by atoms with Gasteiger partial charge in [-0.25, -0.2) is 4.39 Å². The lowest BCUT2D eigenvalue weighted by Crippen LogP contribution is -2.39. The van der Waals surface area contributed by atoms with Gasteiger partial charge in [0.15, 0.2) is 0 Å². The molecule has 1 nitrogen and oxygen atoms in total. The van der Waals surface area contributed by atoms with E-state index in [2.05, 4.69) is 11.6 Å². The Labute approximate surface area is 120 Å². The van der Waals surface area contributed by atoms with E-state index in [1.165, 1.54) is 37.7 Å². The highest BCUT2D eigenvalue weighted by Gasteiger charge is 2.30. The molecule has 3 heteroatoms. The van der Waals surface area contributed by atoms with Crippen LogP contribution in [0.25, 0.3) is 0 Å². The van der Waals surface area contributed by atoms with Gasteiger partial charge in [-0.2, -0.15) is 11.8 Å². The van der Waals surface area contributed by atoms with E-state index < -0.39 is 0 Å². The lowest BCUT2D eigenvalue weighted by Gasteiger charge is -2.36. The summed E-state index contributed by atoms with van der Waals surface area (Å²) < 4.78 is 13.5. The van der Waals surface area contributed by atoms with Crippen LogP contribution in [0.1, 0.15) is 43.2 Å². The van der Waals surface area contributed by atoms with Gasteiger partial charge in [0.05, 0.1) is 0 Å². The van der Waals surface area contributed by atoms with E-state index >= 15 is 0 Å². The van der Waals surface area contributed by atoms with Crippen molar-refractivity contribution in [1.82, 2.24) is 5.32 Å². The van der Waals surface area contributed by atoms with Crippen LogP contribution < -0.4 is 5.32 Å². The summed E-state index contributed by atoms with van der Waals surface area (Å²) in [5, 5.41) is 3.58. The molecule has 106 valence electrons. The third-order valence-electron chi connectivity index (χ3n) is 4.27. The first-order chi connectivity index (χ1) is 9.15. The summed E-state index contributed by atoms with van der Waals surface area (Å²) in [6.07, 6.45) is 8.98. The standard InChI is InChI=1S/C16H24FNS/c1-13-10-15(17)7-6-14(13)11-18-12-16(19-2)8-4-3-5-9-16/h6-7,10,18H,3-5,8-9,11-12H2,1-2H3. The summed E-state index contributed by atoms with van der Waals surface area (Å²) in [5.41, 5.74) is 2.24. The Morgan fingerprint density at radius 2 is 2.00 bits per heavy atom. The minimum atomic E-state index is -0.144. The third-order valence-corrected chi connectivity index (χ3v) is 5.68. The smallest absolute Gasteiger partial charge is 0.123 e. The third kappa shape index (κ3) is 3.96. The molecule has 1 aliphatic rings. The molecule has 0 aliphatic heterocycles. The summed E-state index contributed by atoms with van der Waals surface area (Å²) in [6.45, 7) is 3.88. The molecule has 2 rings (SSSR count). The van der Waals surface area contributed by atoms with Gasteiger partial charge in [0.2, 0.25) is 0 Å². The Kier molecular flexibility index (Phi) is 5.28. The number of halogens is 1. The Balaban J connectivity index is 1.88. The molecule has 1 saturated carbocycles. The summed E-state index contributed by atoms with van der Waals surface area (Å²) >= 11 is 2.01. The maximum absolute atomic E-state index is 13.1. The lowest BCUT2D eigenvalue weighted by atomic mass is 9.88. The molecule has 0 atom stereocenters. The Hall–Kier alpha value is -0.540. The summed E-state index contributed by atoms with van der Waals surface area (Å²) in [7, 11) is 0. The second kappa shape index (κ2) is 6.76. The van der Waals surface area contributed by atoms with Crippen molar-refractivity contribution in [3.63, 3.8) is 0 Å². The van der Waals surface area contributed by atoms with Crippen molar-refractivity contribution in [1.29, 1.82) is 0 Å². The van der Waals surface area contributed by atoms with Gasteiger partial charge in [-0.05, 0) is 49.3 Å². The molecular weight excluding hydrogens is 257 g/mol. The van der Waals surface area contributed by atoms with Crippen LogP contribution in [0.5, 0.6) is 0 Å². The highest BCUT2D eigenvalue weighted by molar-refractivity contribution is 8.00. The van der Waals surface area contributed by atoms with E-state index in [0.717, 1.165) is 18.7 Å². The maximum Gasteiger partial charge on any atom is 0.123 e. The quantitative estimate of drug-likeness (QED) is 0.864. The molecule has 1 aliphatic carbocycles. The van der Waals surface area contributed by atoms with Gasteiger partial charge < -0.3 is 5.32 Å². The minimum absolute atomic E-state index is 0.144. The van der Waals surface area contributed by atoms with Crippen molar-refractivity contribution in [2.45, 2.75) is 50.3 Å². The average Bonchev–Trinajstić information content (AvgIpc) is 2.42. The van der Waals surface area contributed by atoms with Gasteiger partial charge >= 0.3 is 0 Å². The van der Waals surface area contributed by atoms with Crippen LogP contribution in [0.4, 0.5) is 4.39 Å². The number of nitrogens with one attached hydrogen (secondary N) is 1. The molecule has 0 aromatic heterocycles. The first-order valence-corrected chi connectivity index (χ1v) is 8.39. The highest BCUT2D eigenvalue weighted by Crippen LogP contribution is 2.37. The molecule has 1 aromatic carbocycles. The van der Waals surface area contributed by atoms with Crippen LogP contribution in [0.15, 0.2) is 18.2 Å². The molecule has 1 fully saturated rings. The van der Waals surface area contributed by atoms with E-state index in [1.54, 1.807) is 12.1 Å². The zero-order chi connectivity index (χ0) is 13.7. The second-order valence-corrected chi connectivity index (χ2v) is 6.90. The van der Waals surface area contributed by atoms with Gasteiger partial charge in [-0.3, -0.25) is 0 Å². The van der Waals surface area contributed by atoms with E-state index in [-0.39, 0.29) is 5.82 Å². The van der Waals surface area contributed by atoms with Crippen LogP contribution in [-0.4, -0.2) is 17.5 Å². The van der Waals surface area contributed by atoms with Crippen molar-refractivity contribution in [3.05, 3.63) is 35.1 Å². The number of hydrogen-bond donors (Lipinski definition) is 1. The monoisotopic (exact) mass is 281 g/mol. The van der Waals surface area contributed by atoms with Gasteiger partial charge in [0.1, 0.15) is 5.82 Å². The minimum Gasteiger partial charge on any atom is -0.311 e. The van der Waals surface area contributed by atoms with Crippen LogP contribution >= 0.6 is 11.8 Å². The molecule has 0 heterocycles. The molecule has 0 saturated heterocycles. The Morgan fingerprint density at radius 3 is 2.63 bits per heavy atom. The van der Waals surface area contributed by atoms with Crippen LogP contribution in [0, 0.1) is 12.7 Å². The predicted molar refractivity (Wildman–Crippen MR) is 82.2 cm³/mol. The van der Waals surface area contributed by atoms with E-state index in [9.17, 15) is 4.39 Å². The predicted octanol–water partition coefficient (Wildman–Crippen LogP) is 4.29. The van der Waals surface area contributed by atoms with Crippen molar-refractivity contribution >= 4 is 11.8 Å². The van der Waals surface area contributed by atoms with Crippen LogP contribution in [-0.2, 0) is 6.54 Å². The number of benzene rings is 1. The molecule has 19 heavy (non-hydrogen) atoms. The van der Waals surface area contributed by atoms with Crippen molar-refractivity contribution in [2.75, 3.05) is 12.8 Å². The SMILES string of the molecule is CSC1(CNCc2ccc(F)cc2C)CCCCC1. The number of thioether (sulfide) groups is 1. The fourth-order valence-electron chi connectivity index (χ4n) is 2.93. The van der Waals surface area contributed by atoms with E-state index in [4.69, 9.17) is 0 Å². The molecule has 0 bridgehead atoms. The molecule has 1 aromatic rings. The molecule has 0 amide bonds. The van der Waals surface area contributed by atoms with Crippen molar-refractivity contribution in [3.8, 4) is 0 Å². The fourth-order valence-corrected chi connectivity index (χ4v) is 3.88. The number of rotatable bonds is 5. The summed E-state index contributed by atoms with van der Waals surface area (Å²) in [4.78, 5) is 0. The van der Waals surface area contributed by atoms with Crippen LogP contribution in [0.2, 0.25) is 0 Å². The Morgan fingerprint density at radius 1 is 1.26 bits per heavy atom. The van der Waals surface area contributed by atoms with E-state index in [1.807, 2.05) is 24.8 Å². The van der Waals surface area contributed by atoms with Crippen molar-refractivity contribution < 1.29 is 4.39 Å².